The normalized spacial score (nSPS) is 21.6. The van der Waals surface area contributed by atoms with Crippen molar-refractivity contribution in [1.82, 2.24) is 0 Å². The predicted molar refractivity (Wildman–Crippen MR) is 126 cm³/mol. The van der Waals surface area contributed by atoms with E-state index < -0.39 is 0 Å². The molecule has 0 spiro atoms. The molecule has 0 unspecified atom stereocenters. The van der Waals surface area contributed by atoms with Crippen molar-refractivity contribution in [2.45, 2.75) is 88.4 Å². The molecule has 2 fully saturated rings. The maximum atomic E-state index is 5.83. The zero-order chi connectivity index (χ0) is 20.1. The highest BCUT2D eigenvalue weighted by Crippen LogP contribution is 2.64. The smallest absolute Gasteiger partial charge is 0.130 e. The van der Waals surface area contributed by atoms with Gasteiger partial charge in [0.25, 0.3) is 0 Å². The maximum absolute atomic E-state index is 5.83. The molecule has 0 bridgehead atoms. The Balaban J connectivity index is 1.82. The second-order valence-corrected chi connectivity index (χ2v) is 11.6. The summed E-state index contributed by atoms with van der Waals surface area (Å²) in [5, 5.41) is 1.67. The van der Waals surface area contributed by atoms with Crippen LogP contribution in [0.1, 0.15) is 82.6 Å². The minimum Gasteiger partial charge on any atom is -0.496 e. The summed E-state index contributed by atoms with van der Waals surface area (Å²) in [5.74, 6) is 1.93. The third kappa shape index (κ3) is 4.58. The van der Waals surface area contributed by atoms with Gasteiger partial charge in [0.1, 0.15) is 11.5 Å². The van der Waals surface area contributed by atoms with Gasteiger partial charge in [-0.3, -0.25) is 0 Å². The van der Waals surface area contributed by atoms with Crippen LogP contribution < -0.4 is 9.47 Å². The monoisotopic (exact) mass is 412 g/mol. The van der Waals surface area contributed by atoms with Gasteiger partial charge < -0.3 is 9.47 Å². The van der Waals surface area contributed by atoms with Gasteiger partial charge in [0, 0.05) is 0 Å². The molecule has 0 atom stereocenters. The van der Waals surface area contributed by atoms with Gasteiger partial charge in [0.2, 0.25) is 0 Å². The third-order valence-electron chi connectivity index (χ3n) is 7.09. The van der Waals surface area contributed by atoms with Crippen molar-refractivity contribution in [1.29, 1.82) is 0 Å². The average Bonchev–Trinajstić information content (AvgIpc) is 2.80. The van der Waals surface area contributed by atoms with Crippen molar-refractivity contribution < 1.29 is 9.47 Å². The number of ether oxygens (including phenoxy) is 2. The molecule has 1 aromatic rings. The standard InChI is InChI=1S/C26H37O2P/c1-27-23-17-11-18-24(28-2)26(23)22-16-9-10-19-25(22)29(20-12-5-3-6-13-20)21-14-7-4-8-15-21/h10-11,17-21H,3-9,12-16H2,1-2H3. The Morgan fingerprint density at radius 2 is 1.34 bits per heavy atom. The van der Waals surface area contributed by atoms with E-state index in [2.05, 4.69) is 24.3 Å². The largest absolute Gasteiger partial charge is 0.496 e. The van der Waals surface area contributed by atoms with Gasteiger partial charge in [0.05, 0.1) is 19.8 Å². The number of hydrogen-bond acceptors (Lipinski definition) is 2. The molecule has 0 aliphatic heterocycles. The molecule has 0 N–H and O–H groups in total. The fourth-order valence-corrected chi connectivity index (χ4v) is 9.74. The Kier molecular flexibility index (Phi) is 7.35. The summed E-state index contributed by atoms with van der Waals surface area (Å²) in [5.41, 5.74) is 4.56. The van der Waals surface area contributed by atoms with E-state index in [1.165, 1.54) is 75.3 Å². The first kappa shape index (κ1) is 21.0. The zero-order valence-corrected chi connectivity index (χ0v) is 19.2. The second kappa shape index (κ2) is 10.2. The summed E-state index contributed by atoms with van der Waals surface area (Å²) in [7, 11) is 3.46. The van der Waals surface area contributed by atoms with E-state index in [1.807, 2.05) is 6.07 Å². The van der Waals surface area contributed by atoms with Crippen LogP contribution in [0, 0.1) is 0 Å². The Morgan fingerprint density at radius 3 is 1.86 bits per heavy atom. The molecule has 3 aliphatic rings. The van der Waals surface area contributed by atoms with Gasteiger partial charge >= 0.3 is 0 Å². The second-order valence-electron chi connectivity index (χ2n) is 8.83. The molecule has 158 valence electrons. The lowest BCUT2D eigenvalue weighted by Crippen LogP contribution is -2.22. The average molecular weight is 413 g/mol. The molecular weight excluding hydrogens is 375 g/mol. The summed E-state index contributed by atoms with van der Waals surface area (Å²) >= 11 is 0. The van der Waals surface area contributed by atoms with Crippen molar-refractivity contribution in [3.8, 4) is 11.5 Å². The molecule has 0 heterocycles. The van der Waals surface area contributed by atoms with E-state index in [0.717, 1.165) is 35.7 Å². The maximum Gasteiger partial charge on any atom is 0.130 e. The molecule has 0 aromatic heterocycles. The van der Waals surface area contributed by atoms with Gasteiger partial charge in [-0.05, 0) is 72.9 Å². The van der Waals surface area contributed by atoms with Gasteiger partial charge in [0.15, 0.2) is 0 Å². The lowest BCUT2D eigenvalue weighted by Gasteiger charge is -2.41. The molecule has 0 saturated heterocycles. The van der Waals surface area contributed by atoms with Crippen LogP contribution in [0.3, 0.4) is 0 Å². The van der Waals surface area contributed by atoms with Crippen LogP contribution >= 0.6 is 7.92 Å². The summed E-state index contributed by atoms with van der Waals surface area (Å²) in [6.07, 6.45) is 21.5. The predicted octanol–water partition coefficient (Wildman–Crippen LogP) is 7.91. The summed E-state index contributed by atoms with van der Waals surface area (Å²) in [6.45, 7) is 0. The Hall–Kier alpha value is -1.27. The highest BCUT2D eigenvalue weighted by molar-refractivity contribution is 7.64. The topological polar surface area (TPSA) is 18.5 Å². The summed E-state index contributed by atoms with van der Waals surface area (Å²) in [6, 6.07) is 6.25. The SMILES string of the molecule is COc1cccc(OC)c1C1=C(P(C2CCCCC2)C2CCCCC2)C=CCC1. The summed E-state index contributed by atoms with van der Waals surface area (Å²) in [4.78, 5) is 0. The van der Waals surface area contributed by atoms with E-state index in [4.69, 9.17) is 9.47 Å². The fourth-order valence-electron chi connectivity index (χ4n) is 5.70. The number of hydrogen-bond donors (Lipinski definition) is 0. The van der Waals surface area contributed by atoms with E-state index in [-0.39, 0.29) is 7.92 Å². The first-order valence-corrected chi connectivity index (χ1v) is 13.2. The molecule has 29 heavy (non-hydrogen) atoms. The molecule has 0 radical (unpaired) electrons. The number of methoxy groups -OCH3 is 2. The van der Waals surface area contributed by atoms with Crippen molar-refractivity contribution in [2.24, 2.45) is 0 Å². The third-order valence-corrected chi connectivity index (χ3v) is 10.7. The van der Waals surface area contributed by atoms with Crippen LogP contribution in [-0.4, -0.2) is 25.5 Å². The first-order valence-electron chi connectivity index (χ1n) is 11.7. The number of benzene rings is 1. The lowest BCUT2D eigenvalue weighted by molar-refractivity contribution is 0.391. The van der Waals surface area contributed by atoms with Crippen LogP contribution in [0.5, 0.6) is 11.5 Å². The van der Waals surface area contributed by atoms with Crippen molar-refractivity contribution >= 4 is 13.5 Å². The van der Waals surface area contributed by atoms with Crippen LogP contribution in [-0.2, 0) is 0 Å². The van der Waals surface area contributed by atoms with E-state index in [1.54, 1.807) is 19.5 Å². The van der Waals surface area contributed by atoms with Gasteiger partial charge in [-0.1, -0.05) is 64.7 Å². The molecule has 3 heteroatoms. The van der Waals surface area contributed by atoms with E-state index in [0.29, 0.717) is 0 Å². The lowest BCUT2D eigenvalue weighted by atomic mass is 9.95. The van der Waals surface area contributed by atoms with Crippen LogP contribution in [0.2, 0.25) is 0 Å². The Morgan fingerprint density at radius 1 is 0.793 bits per heavy atom. The van der Waals surface area contributed by atoms with E-state index in [9.17, 15) is 0 Å². The molecule has 2 nitrogen and oxygen atoms in total. The molecule has 4 rings (SSSR count). The molecule has 2 saturated carbocycles. The van der Waals surface area contributed by atoms with Crippen LogP contribution in [0.4, 0.5) is 0 Å². The fraction of sp³-hybridized carbons (Fsp3) is 0.615. The Bertz CT molecular complexity index is 699. The van der Waals surface area contributed by atoms with E-state index >= 15 is 0 Å². The van der Waals surface area contributed by atoms with Gasteiger partial charge in [-0.25, -0.2) is 0 Å². The summed E-state index contributed by atoms with van der Waals surface area (Å²) < 4.78 is 11.7. The van der Waals surface area contributed by atoms with Crippen molar-refractivity contribution in [3.63, 3.8) is 0 Å². The highest BCUT2D eigenvalue weighted by atomic mass is 31.1. The molecular formula is C26H37O2P. The van der Waals surface area contributed by atoms with Gasteiger partial charge in [-0.2, -0.15) is 0 Å². The molecule has 0 amide bonds. The van der Waals surface area contributed by atoms with Crippen molar-refractivity contribution in [3.05, 3.63) is 41.2 Å². The minimum absolute atomic E-state index is 0.131. The zero-order valence-electron chi connectivity index (χ0n) is 18.3. The number of rotatable bonds is 6. The first-order chi connectivity index (χ1) is 14.3. The number of allylic oxidation sites excluding steroid dienone is 4. The van der Waals surface area contributed by atoms with Crippen LogP contribution in [0.15, 0.2) is 35.7 Å². The van der Waals surface area contributed by atoms with Gasteiger partial charge in [-0.15, -0.1) is 0 Å². The minimum atomic E-state index is -0.131. The Labute approximate surface area is 178 Å². The van der Waals surface area contributed by atoms with Crippen LogP contribution in [0.25, 0.3) is 5.57 Å². The molecule has 1 aromatic carbocycles. The van der Waals surface area contributed by atoms with Crippen molar-refractivity contribution in [2.75, 3.05) is 14.2 Å². The quantitative estimate of drug-likeness (QED) is 0.442. The molecule has 3 aliphatic carbocycles. The highest BCUT2D eigenvalue weighted by Gasteiger charge is 2.35.